The van der Waals surface area contributed by atoms with Crippen LogP contribution in [0.2, 0.25) is 0 Å². The van der Waals surface area contributed by atoms with Gasteiger partial charge in [-0.3, -0.25) is 10.2 Å². The van der Waals surface area contributed by atoms with E-state index in [-0.39, 0.29) is 17.0 Å². The predicted molar refractivity (Wildman–Crippen MR) is 75.1 cm³/mol. The quantitative estimate of drug-likeness (QED) is 0.630. The van der Waals surface area contributed by atoms with E-state index < -0.39 is 0 Å². The molecule has 0 bridgehead atoms. The Hall–Kier alpha value is -2.43. The van der Waals surface area contributed by atoms with Gasteiger partial charge in [0.25, 0.3) is 0 Å². The highest BCUT2D eigenvalue weighted by Gasteiger charge is 2.10. The van der Waals surface area contributed by atoms with Crippen molar-refractivity contribution in [1.29, 1.82) is 5.41 Å². The predicted octanol–water partition coefficient (Wildman–Crippen LogP) is 1.44. The van der Waals surface area contributed by atoms with Crippen molar-refractivity contribution < 1.29 is 0 Å². The van der Waals surface area contributed by atoms with Gasteiger partial charge in [-0.05, 0) is 44.0 Å². The lowest BCUT2D eigenvalue weighted by atomic mass is 10.1. The summed E-state index contributed by atoms with van der Waals surface area (Å²) in [5.74, 6) is -0.317. The number of nitrogen functional groups attached to an aromatic ring is 1. The molecule has 1 aromatic heterocycles. The van der Waals surface area contributed by atoms with Crippen LogP contribution in [-0.4, -0.2) is 15.6 Å². The van der Waals surface area contributed by atoms with Crippen LogP contribution in [0, 0.1) is 26.2 Å². The molecule has 1 heterocycles. The molecule has 0 spiro atoms. The molecule has 0 aliphatic rings. The van der Waals surface area contributed by atoms with Crippen LogP contribution in [0.5, 0.6) is 0 Å². The second-order valence-corrected chi connectivity index (χ2v) is 4.67. The number of nitrogens with zero attached hydrogens (tertiary/aromatic N) is 2. The van der Waals surface area contributed by atoms with Gasteiger partial charge >= 0.3 is 0 Å². The van der Waals surface area contributed by atoms with Crippen molar-refractivity contribution in [2.45, 2.75) is 20.8 Å². The first-order valence-corrected chi connectivity index (χ1v) is 5.92. The fourth-order valence-corrected chi connectivity index (χ4v) is 2.07. The summed E-state index contributed by atoms with van der Waals surface area (Å²) in [5, 5.41) is 11.6. The minimum atomic E-state index is -0.328. The first-order chi connectivity index (χ1) is 8.88. The van der Waals surface area contributed by atoms with Gasteiger partial charge in [0, 0.05) is 11.8 Å². The number of nitrogens with one attached hydrogen (secondary N) is 1. The summed E-state index contributed by atoms with van der Waals surface area (Å²) in [7, 11) is 0. The summed E-state index contributed by atoms with van der Waals surface area (Å²) in [6, 6.07) is 7.46. The van der Waals surface area contributed by atoms with Crippen molar-refractivity contribution in [3.63, 3.8) is 0 Å². The molecule has 0 atom stereocenters. The summed E-state index contributed by atoms with van der Waals surface area (Å²) < 4.78 is 1.64. The molecule has 98 valence electrons. The van der Waals surface area contributed by atoms with Gasteiger partial charge in [0.05, 0.1) is 5.69 Å². The molecule has 0 saturated heterocycles. The van der Waals surface area contributed by atoms with Crippen molar-refractivity contribution >= 4 is 5.84 Å². The van der Waals surface area contributed by atoms with E-state index >= 15 is 0 Å². The third kappa shape index (κ3) is 2.54. The van der Waals surface area contributed by atoms with Gasteiger partial charge in [-0.1, -0.05) is 6.07 Å². The van der Waals surface area contributed by atoms with E-state index in [4.69, 9.17) is 11.1 Å². The van der Waals surface area contributed by atoms with Gasteiger partial charge in [-0.2, -0.15) is 5.10 Å². The highest BCUT2D eigenvalue weighted by Crippen LogP contribution is 2.14. The van der Waals surface area contributed by atoms with Gasteiger partial charge in [0.2, 0.25) is 5.43 Å². The third-order valence-corrected chi connectivity index (χ3v) is 2.81. The molecule has 0 amide bonds. The molecule has 0 aliphatic carbocycles. The van der Waals surface area contributed by atoms with E-state index in [0.29, 0.717) is 5.69 Å². The van der Waals surface area contributed by atoms with Crippen molar-refractivity contribution in [3.05, 3.63) is 57.0 Å². The number of nitrogens with two attached hydrogens (primary N) is 1. The van der Waals surface area contributed by atoms with Gasteiger partial charge < -0.3 is 5.73 Å². The van der Waals surface area contributed by atoms with Gasteiger partial charge in [0.15, 0.2) is 5.69 Å². The Bertz CT molecular complexity index is 696. The van der Waals surface area contributed by atoms with Crippen molar-refractivity contribution in [2.75, 3.05) is 0 Å². The number of hydrogen-bond donors (Lipinski definition) is 2. The summed E-state index contributed by atoms with van der Waals surface area (Å²) in [6.07, 6.45) is 0. The average Bonchev–Trinajstić information content (AvgIpc) is 2.26. The molecule has 5 nitrogen and oxygen atoms in total. The number of hydrogen-bond acceptors (Lipinski definition) is 3. The van der Waals surface area contributed by atoms with Crippen LogP contribution in [0.1, 0.15) is 22.5 Å². The lowest BCUT2D eigenvalue weighted by Gasteiger charge is -2.12. The first-order valence-electron chi connectivity index (χ1n) is 5.92. The lowest BCUT2D eigenvalue weighted by molar-refractivity contribution is 0.790. The van der Waals surface area contributed by atoms with Crippen molar-refractivity contribution in [1.82, 2.24) is 9.78 Å². The molecular formula is C14H16N4O. The van der Waals surface area contributed by atoms with Crippen LogP contribution in [0.3, 0.4) is 0 Å². The molecule has 5 heteroatoms. The Labute approximate surface area is 111 Å². The van der Waals surface area contributed by atoms with E-state index in [1.807, 2.05) is 26.0 Å². The number of rotatable bonds is 2. The minimum Gasteiger partial charge on any atom is -0.382 e. The summed E-state index contributed by atoms with van der Waals surface area (Å²) in [6.45, 7) is 5.80. The molecule has 2 aromatic rings. The van der Waals surface area contributed by atoms with Gasteiger partial charge in [-0.25, -0.2) is 4.68 Å². The van der Waals surface area contributed by atoms with Crippen LogP contribution in [-0.2, 0) is 0 Å². The SMILES string of the molecule is Cc1cc(C)cc(-n2nc(C(=N)N)c(=O)cc2C)c1. The fraction of sp³-hybridized carbons (Fsp3) is 0.214. The zero-order chi connectivity index (χ0) is 14.2. The largest absolute Gasteiger partial charge is 0.382 e. The Kier molecular flexibility index (Phi) is 3.21. The molecule has 19 heavy (non-hydrogen) atoms. The first kappa shape index (κ1) is 13.0. The summed E-state index contributed by atoms with van der Waals surface area (Å²) >= 11 is 0. The molecular weight excluding hydrogens is 240 g/mol. The topological polar surface area (TPSA) is 84.8 Å². The maximum atomic E-state index is 11.7. The van der Waals surface area contributed by atoms with Crippen molar-refractivity contribution in [2.24, 2.45) is 5.73 Å². The highest BCUT2D eigenvalue weighted by molar-refractivity contribution is 5.92. The number of amidine groups is 1. The Balaban J connectivity index is 2.71. The van der Waals surface area contributed by atoms with Crippen LogP contribution >= 0.6 is 0 Å². The van der Waals surface area contributed by atoms with Crippen LogP contribution in [0.25, 0.3) is 5.69 Å². The maximum absolute atomic E-state index is 11.7. The summed E-state index contributed by atoms with van der Waals surface area (Å²) in [4.78, 5) is 11.7. The minimum absolute atomic E-state index is 0.0234. The molecule has 3 N–H and O–H groups in total. The van der Waals surface area contributed by atoms with E-state index in [1.165, 1.54) is 6.07 Å². The van der Waals surface area contributed by atoms with Crippen LogP contribution in [0.15, 0.2) is 29.1 Å². The zero-order valence-electron chi connectivity index (χ0n) is 11.2. The molecule has 2 rings (SSSR count). The third-order valence-electron chi connectivity index (χ3n) is 2.81. The molecule has 1 aromatic carbocycles. The molecule has 0 unspecified atom stereocenters. The monoisotopic (exact) mass is 256 g/mol. The second-order valence-electron chi connectivity index (χ2n) is 4.67. The Morgan fingerprint density at radius 3 is 2.26 bits per heavy atom. The van der Waals surface area contributed by atoms with E-state index in [0.717, 1.165) is 16.8 Å². The lowest BCUT2D eigenvalue weighted by Crippen LogP contribution is -2.27. The molecule has 0 saturated carbocycles. The maximum Gasteiger partial charge on any atom is 0.211 e. The smallest absolute Gasteiger partial charge is 0.211 e. The van der Waals surface area contributed by atoms with E-state index in [2.05, 4.69) is 11.2 Å². The summed E-state index contributed by atoms with van der Waals surface area (Å²) in [5.41, 5.74) is 8.82. The van der Waals surface area contributed by atoms with E-state index in [9.17, 15) is 4.79 Å². The van der Waals surface area contributed by atoms with Gasteiger partial charge in [-0.15, -0.1) is 0 Å². The standard InChI is InChI=1S/C14H16N4O/c1-8-4-9(2)6-11(5-8)18-10(3)7-12(19)13(17-18)14(15)16/h4-7H,1-3H3,(H3,15,16). The van der Waals surface area contributed by atoms with Crippen LogP contribution in [0.4, 0.5) is 0 Å². The van der Waals surface area contributed by atoms with Gasteiger partial charge in [0.1, 0.15) is 5.84 Å². The van der Waals surface area contributed by atoms with E-state index in [1.54, 1.807) is 11.6 Å². The second kappa shape index (κ2) is 4.68. The highest BCUT2D eigenvalue weighted by atomic mass is 16.1. The normalized spacial score (nSPS) is 10.5. The Morgan fingerprint density at radius 1 is 1.16 bits per heavy atom. The van der Waals surface area contributed by atoms with Crippen LogP contribution < -0.4 is 11.2 Å². The number of aromatic nitrogens is 2. The number of aryl methyl sites for hydroxylation is 3. The fourth-order valence-electron chi connectivity index (χ4n) is 2.07. The molecule has 0 aliphatic heterocycles. The zero-order valence-corrected chi connectivity index (χ0v) is 11.2. The average molecular weight is 256 g/mol. The Morgan fingerprint density at radius 2 is 1.74 bits per heavy atom. The number of benzene rings is 1. The molecule has 0 fully saturated rings. The van der Waals surface area contributed by atoms with Crippen molar-refractivity contribution in [3.8, 4) is 5.69 Å². The molecule has 0 radical (unpaired) electrons.